The molecular formula is C18H21Cl2N. The van der Waals surface area contributed by atoms with Crippen LogP contribution in [-0.4, -0.2) is 7.05 Å². The van der Waals surface area contributed by atoms with E-state index in [4.69, 9.17) is 23.2 Å². The number of halogens is 2. The minimum absolute atomic E-state index is 0. The van der Waals surface area contributed by atoms with Crippen LogP contribution in [0, 0.1) is 0 Å². The Morgan fingerprint density at radius 1 is 0.952 bits per heavy atom. The summed E-state index contributed by atoms with van der Waals surface area (Å²) >= 11 is 12.2. The summed E-state index contributed by atoms with van der Waals surface area (Å²) in [5, 5.41) is 4.66. The van der Waals surface area contributed by atoms with Gasteiger partial charge in [-0.25, -0.2) is 0 Å². The Bertz CT molecular complexity index is 624. The van der Waals surface area contributed by atoms with Gasteiger partial charge in [0.2, 0.25) is 0 Å². The molecule has 0 radical (unpaired) electrons. The van der Waals surface area contributed by atoms with Crippen LogP contribution >= 0.6 is 23.2 Å². The average molecular weight is 322 g/mol. The van der Waals surface area contributed by atoms with Gasteiger partial charge in [0.15, 0.2) is 0 Å². The van der Waals surface area contributed by atoms with Crippen molar-refractivity contribution in [3.63, 3.8) is 0 Å². The van der Waals surface area contributed by atoms with E-state index in [1.165, 1.54) is 16.7 Å². The zero-order chi connectivity index (χ0) is 14.1. The molecule has 0 heterocycles. The van der Waals surface area contributed by atoms with Gasteiger partial charge >= 0.3 is 0 Å². The lowest BCUT2D eigenvalue weighted by Gasteiger charge is -2.32. The molecule has 0 aliphatic heterocycles. The van der Waals surface area contributed by atoms with Crippen molar-refractivity contribution in [3.8, 4) is 0 Å². The Labute approximate surface area is 137 Å². The first-order valence-corrected chi connectivity index (χ1v) is 7.67. The van der Waals surface area contributed by atoms with E-state index in [1.54, 1.807) is 0 Å². The molecule has 0 amide bonds. The largest absolute Gasteiger partial charge is 0.313 e. The molecule has 0 fully saturated rings. The summed E-state index contributed by atoms with van der Waals surface area (Å²) < 4.78 is 0. The molecule has 0 unspecified atom stereocenters. The zero-order valence-corrected chi connectivity index (χ0v) is 12.9. The lowest BCUT2D eigenvalue weighted by molar-refractivity contribution is 0.471. The molecule has 0 saturated heterocycles. The minimum Gasteiger partial charge on any atom is -0.313 e. The third kappa shape index (κ3) is 3.11. The fraction of sp³-hybridized carbons (Fsp3) is 0.333. The number of nitrogens with one attached hydrogen (secondary N) is 1. The molecule has 3 rings (SSSR count). The predicted octanol–water partition coefficient (Wildman–Crippen LogP) is 5.82. The average Bonchev–Trinajstić information content (AvgIpc) is 2.49. The number of hydrogen-bond donors (Lipinski definition) is 1. The molecule has 2 aromatic rings. The first-order chi connectivity index (χ1) is 9.70. The van der Waals surface area contributed by atoms with E-state index >= 15 is 0 Å². The molecule has 0 spiro atoms. The first-order valence-electron chi connectivity index (χ1n) is 6.91. The molecule has 0 saturated carbocycles. The van der Waals surface area contributed by atoms with Gasteiger partial charge in [-0.05, 0) is 48.7 Å². The molecule has 0 aromatic heterocycles. The third-order valence-electron chi connectivity index (χ3n) is 4.19. The molecule has 0 bridgehead atoms. The van der Waals surface area contributed by atoms with Gasteiger partial charge in [0.05, 0.1) is 10.0 Å². The Balaban J connectivity index is 0.00000161. The van der Waals surface area contributed by atoms with Gasteiger partial charge in [-0.1, -0.05) is 61.0 Å². The maximum absolute atomic E-state index is 6.17. The Hall–Kier alpha value is -1.02. The second kappa shape index (κ2) is 6.83. The molecule has 2 atom stereocenters. The molecule has 1 aliphatic rings. The normalized spacial score (nSPS) is 20.5. The lowest BCUT2D eigenvalue weighted by Crippen LogP contribution is -2.24. The number of hydrogen-bond acceptors (Lipinski definition) is 1. The Morgan fingerprint density at radius 2 is 1.67 bits per heavy atom. The van der Waals surface area contributed by atoms with Gasteiger partial charge in [0.1, 0.15) is 0 Å². The number of fused-ring (bicyclic) bond motifs is 1. The van der Waals surface area contributed by atoms with Gasteiger partial charge in [-0.2, -0.15) is 0 Å². The van der Waals surface area contributed by atoms with Crippen molar-refractivity contribution < 1.29 is 0 Å². The van der Waals surface area contributed by atoms with Crippen molar-refractivity contribution in [2.75, 3.05) is 7.05 Å². The van der Waals surface area contributed by atoms with Gasteiger partial charge in [-0.3, -0.25) is 0 Å². The van der Waals surface area contributed by atoms with Crippen LogP contribution in [0.15, 0.2) is 42.5 Å². The maximum atomic E-state index is 6.17. The monoisotopic (exact) mass is 321 g/mol. The smallest absolute Gasteiger partial charge is 0.0595 e. The van der Waals surface area contributed by atoms with E-state index in [9.17, 15) is 0 Å². The molecule has 1 nitrogen and oxygen atoms in total. The van der Waals surface area contributed by atoms with Crippen molar-refractivity contribution >= 4 is 23.2 Å². The van der Waals surface area contributed by atoms with Crippen molar-refractivity contribution in [3.05, 3.63) is 69.2 Å². The summed E-state index contributed by atoms with van der Waals surface area (Å²) in [5.41, 5.74) is 4.05. The van der Waals surface area contributed by atoms with Gasteiger partial charge in [-0.15, -0.1) is 0 Å². The van der Waals surface area contributed by atoms with E-state index < -0.39 is 0 Å². The molecular weight excluding hydrogens is 301 g/mol. The zero-order valence-electron chi connectivity index (χ0n) is 11.4. The van der Waals surface area contributed by atoms with E-state index in [-0.39, 0.29) is 7.43 Å². The molecule has 2 aromatic carbocycles. The summed E-state index contributed by atoms with van der Waals surface area (Å²) in [4.78, 5) is 0. The van der Waals surface area contributed by atoms with Crippen LogP contribution in [0.5, 0.6) is 0 Å². The molecule has 112 valence electrons. The second-order valence-corrected chi connectivity index (χ2v) is 6.09. The van der Waals surface area contributed by atoms with Crippen molar-refractivity contribution in [1.29, 1.82) is 0 Å². The van der Waals surface area contributed by atoms with Crippen molar-refractivity contribution in [2.24, 2.45) is 0 Å². The minimum atomic E-state index is 0. The van der Waals surface area contributed by atoms with Crippen LogP contribution in [0.4, 0.5) is 0 Å². The van der Waals surface area contributed by atoms with Crippen LogP contribution in [0.25, 0.3) is 0 Å². The highest BCUT2D eigenvalue weighted by molar-refractivity contribution is 6.42. The Kier molecular flexibility index (Phi) is 5.32. The van der Waals surface area contributed by atoms with E-state index in [0.717, 1.165) is 12.8 Å². The Morgan fingerprint density at radius 3 is 2.33 bits per heavy atom. The molecule has 1 aliphatic carbocycles. The summed E-state index contributed by atoms with van der Waals surface area (Å²) in [6.07, 6.45) is 2.26. The summed E-state index contributed by atoms with van der Waals surface area (Å²) in [6.45, 7) is 0. The summed E-state index contributed by atoms with van der Waals surface area (Å²) in [7, 11) is 2.03. The van der Waals surface area contributed by atoms with E-state index in [2.05, 4.69) is 35.6 Å². The lowest BCUT2D eigenvalue weighted by atomic mass is 9.77. The van der Waals surface area contributed by atoms with Gasteiger partial charge in [0.25, 0.3) is 0 Å². The van der Waals surface area contributed by atoms with Crippen LogP contribution in [0.2, 0.25) is 10.0 Å². The van der Waals surface area contributed by atoms with Gasteiger partial charge < -0.3 is 5.32 Å². The fourth-order valence-electron chi connectivity index (χ4n) is 3.17. The number of rotatable bonds is 2. The van der Waals surface area contributed by atoms with Gasteiger partial charge in [0, 0.05) is 12.0 Å². The van der Waals surface area contributed by atoms with Crippen LogP contribution in [-0.2, 0) is 0 Å². The fourth-order valence-corrected chi connectivity index (χ4v) is 3.47. The molecule has 21 heavy (non-hydrogen) atoms. The first kappa shape index (κ1) is 16.4. The third-order valence-corrected chi connectivity index (χ3v) is 4.92. The predicted molar refractivity (Wildman–Crippen MR) is 92.5 cm³/mol. The number of benzene rings is 2. The van der Waals surface area contributed by atoms with Crippen LogP contribution < -0.4 is 5.32 Å². The molecule has 1 N–H and O–H groups in total. The van der Waals surface area contributed by atoms with Crippen molar-refractivity contribution in [2.45, 2.75) is 32.2 Å². The second-order valence-electron chi connectivity index (χ2n) is 5.27. The van der Waals surface area contributed by atoms with Crippen LogP contribution in [0.1, 0.15) is 48.9 Å². The van der Waals surface area contributed by atoms with Crippen molar-refractivity contribution in [1.82, 2.24) is 5.32 Å². The van der Waals surface area contributed by atoms with Crippen LogP contribution in [0.3, 0.4) is 0 Å². The highest BCUT2D eigenvalue weighted by atomic mass is 35.5. The quantitative estimate of drug-likeness (QED) is 0.735. The summed E-state index contributed by atoms with van der Waals surface area (Å²) in [6, 6.07) is 15.1. The highest BCUT2D eigenvalue weighted by Gasteiger charge is 2.27. The van der Waals surface area contributed by atoms with E-state index in [0.29, 0.717) is 22.0 Å². The summed E-state index contributed by atoms with van der Waals surface area (Å²) in [5.74, 6) is 0.408. The topological polar surface area (TPSA) is 12.0 Å². The van der Waals surface area contributed by atoms with E-state index in [1.807, 2.05) is 19.2 Å². The SMILES string of the molecule is C.CN[C@H]1CC[C@@H](c2ccc(Cl)c(Cl)c2)c2ccccc21. The standard InChI is InChI=1S/C17H17Cl2N.CH4/c1-20-17-9-7-12(13-4-2-3-5-14(13)17)11-6-8-15(18)16(19)10-11;/h2-6,8,10,12,17,20H,7,9H2,1H3;1H4/t12-,17-;/m0./s1. The maximum Gasteiger partial charge on any atom is 0.0595 e. The molecule has 3 heteroatoms. The highest BCUT2D eigenvalue weighted by Crippen LogP contribution is 2.42.